The molecule has 35 heavy (non-hydrogen) atoms. The number of nitrogens with zero attached hydrogens (tertiary/aromatic N) is 1. The lowest BCUT2D eigenvalue weighted by molar-refractivity contribution is 0.0922. The number of benzene rings is 2. The number of hydrogen-bond acceptors (Lipinski definition) is 5. The molecule has 1 aliphatic carbocycles. The summed E-state index contributed by atoms with van der Waals surface area (Å²) in [6, 6.07) is 15.4. The maximum absolute atomic E-state index is 12.9. The second kappa shape index (κ2) is 10.7. The number of amides is 1. The van der Waals surface area contributed by atoms with E-state index in [2.05, 4.69) is 22.5 Å². The number of anilines is 1. The van der Waals surface area contributed by atoms with Crippen molar-refractivity contribution in [1.29, 1.82) is 5.41 Å². The smallest absolute Gasteiger partial charge is 0.251 e. The number of aryl methyl sites for hydroxylation is 1. The Hall–Kier alpha value is -3.67. The standard InChI is InChI=1S/C29H34N4O2/c1-18-5-8-22(9-6-18)33-29(34)25-11-7-21(15-19(25)2)27-16-24(13-14-32-27)35-23-10-12-26(20(3)30)28(17-23)31-4/h7,10-18,22,30-31H,5-6,8-9H2,1-4H3,(H,33,34). The monoisotopic (exact) mass is 470 g/mol. The van der Waals surface area contributed by atoms with E-state index < -0.39 is 0 Å². The Balaban J connectivity index is 1.49. The molecule has 1 aliphatic rings. The number of carbonyl (C=O) groups excluding carboxylic acids is 1. The number of pyridine rings is 1. The lowest BCUT2D eigenvalue weighted by Crippen LogP contribution is -2.37. The molecule has 0 bridgehead atoms. The van der Waals surface area contributed by atoms with Gasteiger partial charge in [-0.15, -0.1) is 0 Å². The molecule has 0 radical (unpaired) electrons. The summed E-state index contributed by atoms with van der Waals surface area (Å²) >= 11 is 0. The Morgan fingerprint density at radius 3 is 2.40 bits per heavy atom. The summed E-state index contributed by atoms with van der Waals surface area (Å²) < 4.78 is 6.09. The van der Waals surface area contributed by atoms with Crippen molar-refractivity contribution in [3.63, 3.8) is 0 Å². The zero-order chi connectivity index (χ0) is 24.9. The molecule has 0 aliphatic heterocycles. The lowest BCUT2D eigenvalue weighted by atomic mass is 9.87. The molecule has 2 aromatic carbocycles. The number of aromatic nitrogens is 1. The highest BCUT2D eigenvalue weighted by Gasteiger charge is 2.21. The van der Waals surface area contributed by atoms with Gasteiger partial charge in [0, 0.05) is 59.5 Å². The van der Waals surface area contributed by atoms with Gasteiger partial charge in [0.1, 0.15) is 11.5 Å². The first-order chi connectivity index (χ1) is 16.8. The summed E-state index contributed by atoms with van der Waals surface area (Å²) in [4.78, 5) is 17.4. The number of carbonyl (C=O) groups is 1. The van der Waals surface area contributed by atoms with Crippen LogP contribution in [0.1, 0.15) is 61.0 Å². The van der Waals surface area contributed by atoms with Gasteiger partial charge in [0.2, 0.25) is 0 Å². The van der Waals surface area contributed by atoms with E-state index in [1.54, 1.807) is 13.1 Å². The largest absolute Gasteiger partial charge is 0.457 e. The van der Waals surface area contributed by atoms with Crippen LogP contribution in [0.2, 0.25) is 0 Å². The average molecular weight is 471 g/mol. The molecule has 0 atom stereocenters. The predicted molar refractivity (Wildman–Crippen MR) is 142 cm³/mol. The molecule has 0 spiro atoms. The first-order valence-corrected chi connectivity index (χ1v) is 12.3. The van der Waals surface area contributed by atoms with Crippen LogP contribution in [0, 0.1) is 18.3 Å². The normalized spacial score (nSPS) is 17.5. The topological polar surface area (TPSA) is 87.1 Å². The zero-order valence-corrected chi connectivity index (χ0v) is 20.9. The fourth-order valence-electron chi connectivity index (χ4n) is 4.63. The third kappa shape index (κ3) is 5.88. The predicted octanol–water partition coefficient (Wildman–Crippen LogP) is 6.59. The van der Waals surface area contributed by atoms with Crippen molar-refractivity contribution in [2.45, 2.75) is 52.5 Å². The summed E-state index contributed by atoms with van der Waals surface area (Å²) in [6.07, 6.45) is 6.19. The molecule has 0 unspecified atom stereocenters. The van der Waals surface area contributed by atoms with E-state index in [0.29, 0.717) is 22.8 Å². The summed E-state index contributed by atoms with van der Waals surface area (Å²) in [6.45, 7) is 6.01. The molecule has 0 saturated heterocycles. The van der Waals surface area contributed by atoms with Crippen LogP contribution in [0.4, 0.5) is 5.69 Å². The van der Waals surface area contributed by atoms with E-state index in [0.717, 1.165) is 46.8 Å². The Morgan fingerprint density at radius 1 is 1.00 bits per heavy atom. The van der Waals surface area contributed by atoms with Gasteiger partial charge in [-0.2, -0.15) is 0 Å². The molecule has 182 valence electrons. The van der Waals surface area contributed by atoms with Crippen molar-refractivity contribution in [3.8, 4) is 22.8 Å². The molecule has 3 N–H and O–H groups in total. The minimum atomic E-state index is 0.00240. The highest BCUT2D eigenvalue weighted by Crippen LogP contribution is 2.30. The maximum atomic E-state index is 12.9. The number of rotatable bonds is 7. The van der Waals surface area contributed by atoms with Crippen molar-refractivity contribution in [2.24, 2.45) is 5.92 Å². The van der Waals surface area contributed by atoms with Gasteiger partial charge in [-0.25, -0.2) is 0 Å². The average Bonchev–Trinajstić information content (AvgIpc) is 2.85. The van der Waals surface area contributed by atoms with Crippen molar-refractivity contribution in [1.82, 2.24) is 10.3 Å². The molecule has 6 heteroatoms. The van der Waals surface area contributed by atoms with Gasteiger partial charge in [-0.05, 0) is 81.3 Å². The number of ether oxygens (including phenoxy) is 1. The van der Waals surface area contributed by atoms with Gasteiger partial charge in [0.05, 0.1) is 5.69 Å². The van der Waals surface area contributed by atoms with Crippen LogP contribution < -0.4 is 15.4 Å². The van der Waals surface area contributed by atoms with E-state index >= 15 is 0 Å². The first kappa shape index (κ1) is 24.5. The fourth-order valence-corrected chi connectivity index (χ4v) is 4.63. The quantitative estimate of drug-likeness (QED) is 0.340. The first-order valence-electron chi connectivity index (χ1n) is 12.3. The molecule has 1 amide bonds. The minimum absolute atomic E-state index is 0.00240. The lowest BCUT2D eigenvalue weighted by Gasteiger charge is -2.27. The van der Waals surface area contributed by atoms with Crippen LogP contribution in [0.25, 0.3) is 11.3 Å². The zero-order valence-electron chi connectivity index (χ0n) is 20.9. The summed E-state index contributed by atoms with van der Waals surface area (Å²) in [7, 11) is 1.83. The third-order valence-corrected chi connectivity index (χ3v) is 6.75. The molecule has 4 rings (SSSR count). The second-order valence-electron chi connectivity index (χ2n) is 9.52. The van der Waals surface area contributed by atoms with Crippen LogP contribution in [-0.2, 0) is 0 Å². The van der Waals surface area contributed by atoms with Crippen LogP contribution >= 0.6 is 0 Å². The van der Waals surface area contributed by atoms with E-state index in [1.165, 1.54) is 12.8 Å². The number of nitrogens with one attached hydrogen (secondary N) is 3. The van der Waals surface area contributed by atoms with Gasteiger partial charge in [0.25, 0.3) is 5.91 Å². The van der Waals surface area contributed by atoms with Gasteiger partial charge < -0.3 is 20.8 Å². The summed E-state index contributed by atoms with van der Waals surface area (Å²) in [5.41, 5.74) is 5.52. The summed E-state index contributed by atoms with van der Waals surface area (Å²) in [5.74, 6) is 2.11. The molecular formula is C29H34N4O2. The van der Waals surface area contributed by atoms with Crippen LogP contribution in [0.15, 0.2) is 54.7 Å². The Labute approximate surface area is 207 Å². The highest BCUT2D eigenvalue weighted by atomic mass is 16.5. The van der Waals surface area contributed by atoms with Gasteiger partial charge in [-0.3, -0.25) is 9.78 Å². The number of hydrogen-bond donors (Lipinski definition) is 3. The van der Waals surface area contributed by atoms with Crippen molar-refractivity contribution >= 4 is 17.3 Å². The van der Waals surface area contributed by atoms with Crippen molar-refractivity contribution < 1.29 is 9.53 Å². The second-order valence-corrected chi connectivity index (χ2v) is 9.52. The third-order valence-electron chi connectivity index (χ3n) is 6.75. The Morgan fingerprint density at radius 2 is 1.71 bits per heavy atom. The Kier molecular flexibility index (Phi) is 7.49. The fraction of sp³-hybridized carbons (Fsp3) is 0.345. The van der Waals surface area contributed by atoms with Crippen LogP contribution in [-0.4, -0.2) is 29.7 Å². The molecule has 1 fully saturated rings. The van der Waals surface area contributed by atoms with Crippen molar-refractivity contribution in [3.05, 3.63) is 71.4 Å². The maximum Gasteiger partial charge on any atom is 0.251 e. The molecule has 6 nitrogen and oxygen atoms in total. The highest BCUT2D eigenvalue weighted by molar-refractivity contribution is 6.01. The van der Waals surface area contributed by atoms with Crippen molar-refractivity contribution in [2.75, 3.05) is 12.4 Å². The van der Waals surface area contributed by atoms with Crippen LogP contribution in [0.5, 0.6) is 11.5 Å². The van der Waals surface area contributed by atoms with Gasteiger partial charge in [0.15, 0.2) is 0 Å². The Bertz CT molecular complexity index is 1230. The van der Waals surface area contributed by atoms with Crippen LogP contribution in [0.3, 0.4) is 0 Å². The van der Waals surface area contributed by atoms with E-state index in [9.17, 15) is 4.79 Å². The van der Waals surface area contributed by atoms with E-state index in [4.69, 9.17) is 10.1 Å². The minimum Gasteiger partial charge on any atom is -0.457 e. The molecule has 1 saturated carbocycles. The molecule has 1 heterocycles. The molecule has 3 aromatic rings. The van der Waals surface area contributed by atoms with E-state index in [-0.39, 0.29) is 11.9 Å². The SMILES string of the molecule is CNc1cc(Oc2ccnc(-c3ccc(C(=O)NC4CCC(C)CC4)c(C)c3)c2)ccc1C(C)=N. The van der Waals surface area contributed by atoms with Gasteiger partial charge in [-0.1, -0.05) is 13.0 Å². The summed E-state index contributed by atoms with van der Waals surface area (Å²) in [5, 5.41) is 14.3. The van der Waals surface area contributed by atoms with Gasteiger partial charge >= 0.3 is 0 Å². The molecule has 1 aromatic heterocycles. The van der Waals surface area contributed by atoms with E-state index in [1.807, 2.05) is 62.5 Å². The molecular weight excluding hydrogens is 436 g/mol.